The summed E-state index contributed by atoms with van der Waals surface area (Å²) in [5.41, 5.74) is 10.3. The molecular formula is C19H22N3O+. The van der Waals surface area contributed by atoms with Crippen LogP contribution >= 0.6 is 0 Å². The highest BCUT2D eigenvalue weighted by Crippen LogP contribution is 2.17. The van der Waals surface area contributed by atoms with Gasteiger partial charge in [0.25, 0.3) is 0 Å². The second-order valence-electron chi connectivity index (χ2n) is 5.87. The number of Topliss-reactive ketones (excluding diaryl/α,β-unsaturated/α-hetero) is 1. The van der Waals surface area contributed by atoms with Crippen LogP contribution in [0.4, 0.5) is 5.95 Å². The molecule has 0 aliphatic heterocycles. The molecular weight excluding hydrogens is 286 g/mol. The number of fused-ring (bicyclic) bond motifs is 1. The summed E-state index contributed by atoms with van der Waals surface area (Å²) in [6.07, 6.45) is 0.995. The van der Waals surface area contributed by atoms with Crippen molar-refractivity contribution in [3.8, 4) is 0 Å². The third kappa shape index (κ3) is 2.84. The third-order valence-electron chi connectivity index (χ3n) is 4.14. The Bertz CT molecular complexity index is 847. The van der Waals surface area contributed by atoms with E-state index in [4.69, 9.17) is 5.73 Å². The van der Waals surface area contributed by atoms with Crippen molar-refractivity contribution < 1.29 is 9.36 Å². The summed E-state index contributed by atoms with van der Waals surface area (Å²) in [5, 5.41) is 0. The number of rotatable bonds is 5. The van der Waals surface area contributed by atoms with Gasteiger partial charge in [-0.15, -0.1) is 0 Å². The first-order chi connectivity index (χ1) is 11.1. The summed E-state index contributed by atoms with van der Waals surface area (Å²) in [7, 11) is 0. The molecule has 0 aliphatic rings. The number of hydrogen-bond acceptors (Lipinski definition) is 2. The number of nitrogen functional groups attached to an aromatic ring is 1. The Kier molecular flexibility index (Phi) is 4.15. The van der Waals surface area contributed by atoms with Crippen molar-refractivity contribution in [3.63, 3.8) is 0 Å². The summed E-state index contributed by atoms with van der Waals surface area (Å²) in [6, 6.07) is 15.7. The predicted octanol–water partition coefficient (Wildman–Crippen LogP) is 3.11. The summed E-state index contributed by atoms with van der Waals surface area (Å²) >= 11 is 0. The first-order valence-electron chi connectivity index (χ1n) is 7.98. The quantitative estimate of drug-likeness (QED) is 0.581. The second-order valence-corrected chi connectivity index (χ2v) is 5.87. The highest BCUT2D eigenvalue weighted by Gasteiger charge is 2.22. The fourth-order valence-electron chi connectivity index (χ4n) is 2.91. The van der Waals surface area contributed by atoms with Crippen LogP contribution in [0.15, 0.2) is 48.5 Å². The van der Waals surface area contributed by atoms with Crippen molar-refractivity contribution in [2.45, 2.75) is 33.4 Å². The van der Waals surface area contributed by atoms with Crippen LogP contribution in [0.5, 0.6) is 0 Å². The van der Waals surface area contributed by atoms with Gasteiger partial charge in [-0.3, -0.25) is 10.5 Å². The topological polar surface area (TPSA) is 51.9 Å². The lowest BCUT2D eigenvalue weighted by Crippen LogP contribution is -2.40. The molecule has 4 nitrogen and oxygen atoms in total. The molecule has 118 valence electrons. The Hall–Kier alpha value is -2.62. The lowest BCUT2D eigenvalue weighted by Gasteiger charge is -2.03. The third-order valence-corrected chi connectivity index (χ3v) is 4.14. The number of aryl methyl sites for hydroxylation is 2. The Labute approximate surface area is 136 Å². The van der Waals surface area contributed by atoms with Gasteiger partial charge in [0.05, 0.1) is 6.54 Å². The minimum absolute atomic E-state index is 0.0705. The molecule has 3 aromatic rings. The summed E-state index contributed by atoms with van der Waals surface area (Å²) < 4.78 is 3.99. The van der Waals surface area contributed by atoms with Gasteiger partial charge in [0.15, 0.2) is 5.78 Å². The number of nitrogens with zero attached hydrogens (tertiary/aromatic N) is 2. The maximum Gasteiger partial charge on any atom is 0.356 e. The zero-order chi connectivity index (χ0) is 16.4. The number of ketones is 1. The number of nitrogens with two attached hydrogens (primary N) is 1. The summed E-state index contributed by atoms with van der Waals surface area (Å²) in [6.45, 7) is 5.24. The molecule has 0 aliphatic carbocycles. The molecule has 0 saturated carbocycles. The van der Waals surface area contributed by atoms with E-state index in [9.17, 15) is 4.79 Å². The van der Waals surface area contributed by atoms with Crippen molar-refractivity contribution in [2.24, 2.45) is 0 Å². The Morgan fingerprint density at radius 2 is 1.83 bits per heavy atom. The highest BCUT2D eigenvalue weighted by molar-refractivity contribution is 5.95. The standard InChI is InChI=1S/C19H21N3O/c1-3-12-21-16-6-4-5-7-17(16)22(19(21)20)13-18(23)15-10-8-14(2)9-11-15/h4-11,20H,3,12-13H2,1-2H3/p+1. The minimum Gasteiger partial charge on any atom is -0.291 e. The molecule has 0 atom stereocenters. The predicted molar refractivity (Wildman–Crippen MR) is 92.3 cm³/mol. The first kappa shape index (κ1) is 15.3. The summed E-state index contributed by atoms with van der Waals surface area (Å²) in [4.78, 5) is 12.6. The van der Waals surface area contributed by atoms with E-state index in [0.29, 0.717) is 5.95 Å². The van der Waals surface area contributed by atoms with Crippen LogP contribution in [0.25, 0.3) is 11.0 Å². The average molecular weight is 308 g/mol. The molecule has 1 heterocycles. The fraction of sp³-hybridized carbons (Fsp3) is 0.263. The number of para-hydroxylation sites is 2. The lowest BCUT2D eigenvalue weighted by molar-refractivity contribution is -0.642. The molecule has 0 radical (unpaired) electrons. The van der Waals surface area contributed by atoms with E-state index < -0.39 is 0 Å². The molecule has 0 amide bonds. The number of hydrogen-bond donors (Lipinski definition) is 1. The second kappa shape index (κ2) is 6.24. The van der Waals surface area contributed by atoms with Crippen LogP contribution in [0.1, 0.15) is 29.3 Å². The van der Waals surface area contributed by atoms with Crippen LogP contribution in [-0.2, 0) is 13.1 Å². The molecule has 3 rings (SSSR count). The Morgan fingerprint density at radius 1 is 1.13 bits per heavy atom. The molecule has 4 heteroatoms. The van der Waals surface area contributed by atoms with Gasteiger partial charge in [0.1, 0.15) is 17.6 Å². The van der Waals surface area contributed by atoms with Gasteiger partial charge >= 0.3 is 5.95 Å². The molecule has 2 aromatic carbocycles. The van der Waals surface area contributed by atoms with Crippen LogP contribution in [-0.4, -0.2) is 10.4 Å². The number of carbonyl (C=O) groups excluding carboxylic acids is 1. The Morgan fingerprint density at radius 3 is 2.52 bits per heavy atom. The van der Waals surface area contributed by atoms with Crippen LogP contribution in [0.3, 0.4) is 0 Å². The molecule has 0 fully saturated rings. The minimum atomic E-state index is 0.0705. The van der Waals surface area contributed by atoms with E-state index in [2.05, 4.69) is 11.5 Å². The maximum absolute atomic E-state index is 12.6. The van der Waals surface area contributed by atoms with Crippen molar-refractivity contribution in [1.29, 1.82) is 0 Å². The molecule has 0 bridgehead atoms. The first-order valence-corrected chi connectivity index (χ1v) is 7.98. The van der Waals surface area contributed by atoms with E-state index in [1.165, 1.54) is 0 Å². The normalized spacial score (nSPS) is 11.0. The smallest absolute Gasteiger partial charge is 0.291 e. The maximum atomic E-state index is 12.6. The van der Waals surface area contributed by atoms with Gasteiger partial charge in [-0.25, -0.2) is 9.13 Å². The zero-order valence-corrected chi connectivity index (χ0v) is 13.6. The van der Waals surface area contributed by atoms with Gasteiger partial charge in [-0.2, -0.15) is 0 Å². The number of imidazole rings is 1. The molecule has 0 saturated heterocycles. The van der Waals surface area contributed by atoms with Gasteiger partial charge in [-0.05, 0) is 25.5 Å². The van der Waals surface area contributed by atoms with Gasteiger partial charge in [0.2, 0.25) is 0 Å². The van der Waals surface area contributed by atoms with Crippen molar-refractivity contribution in [2.75, 3.05) is 5.73 Å². The molecule has 23 heavy (non-hydrogen) atoms. The Balaban J connectivity index is 2.01. The number of aromatic nitrogens is 2. The highest BCUT2D eigenvalue weighted by atomic mass is 16.1. The zero-order valence-electron chi connectivity index (χ0n) is 13.6. The van der Waals surface area contributed by atoms with Crippen molar-refractivity contribution >= 4 is 22.8 Å². The van der Waals surface area contributed by atoms with E-state index in [1.807, 2.05) is 60.0 Å². The van der Waals surface area contributed by atoms with Gasteiger partial charge in [0, 0.05) is 5.56 Å². The molecule has 1 aromatic heterocycles. The van der Waals surface area contributed by atoms with E-state index >= 15 is 0 Å². The molecule has 0 spiro atoms. The van der Waals surface area contributed by atoms with Crippen LogP contribution in [0.2, 0.25) is 0 Å². The van der Waals surface area contributed by atoms with Crippen molar-refractivity contribution in [1.82, 2.24) is 4.57 Å². The van der Waals surface area contributed by atoms with E-state index in [0.717, 1.165) is 35.1 Å². The van der Waals surface area contributed by atoms with Gasteiger partial charge < -0.3 is 0 Å². The van der Waals surface area contributed by atoms with Crippen molar-refractivity contribution in [3.05, 3.63) is 59.7 Å². The lowest BCUT2D eigenvalue weighted by atomic mass is 10.1. The van der Waals surface area contributed by atoms with E-state index in [-0.39, 0.29) is 12.3 Å². The number of benzene rings is 2. The van der Waals surface area contributed by atoms with E-state index in [1.54, 1.807) is 0 Å². The molecule has 2 N–H and O–H groups in total. The monoisotopic (exact) mass is 308 g/mol. The number of carbonyl (C=O) groups is 1. The number of anilines is 1. The largest absolute Gasteiger partial charge is 0.356 e. The average Bonchev–Trinajstić information content (AvgIpc) is 2.82. The van der Waals surface area contributed by atoms with Crippen LogP contribution < -0.4 is 10.3 Å². The summed E-state index contributed by atoms with van der Waals surface area (Å²) in [5.74, 6) is 0.703. The van der Waals surface area contributed by atoms with Crippen LogP contribution in [0, 0.1) is 6.92 Å². The molecule has 0 unspecified atom stereocenters. The fourth-order valence-corrected chi connectivity index (χ4v) is 2.91. The SMILES string of the molecule is CCCn1c(N)[n+](CC(=O)c2ccc(C)cc2)c2ccccc21. The van der Waals surface area contributed by atoms with Gasteiger partial charge in [-0.1, -0.05) is 48.9 Å².